The number of aromatic nitrogens is 2. The number of amides is 1. The molecule has 0 saturated heterocycles. The fraction of sp³-hybridized carbons (Fsp3) is 0.462. The number of benzene rings is 2. The number of carbonyl (C=O) groups excluding carboxylic acids is 1. The van der Waals surface area contributed by atoms with Crippen molar-refractivity contribution in [2.24, 2.45) is 5.92 Å². The second-order valence-electron chi connectivity index (χ2n) is 8.13. The molecule has 1 aromatic heterocycles. The van der Waals surface area contributed by atoms with Crippen molar-refractivity contribution >= 4 is 16.9 Å². The van der Waals surface area contributed by atoms with E-state index in [-0.39, 0.29) is 11.8 Å². The van der Waals surface area contributed by atoms with Crippen molar-refractivity contribution in [3.8, 4) is 5.75 Å². The third kappa shape index (κ3) is 5.66. The first-order chi connectivity index (χ1) is 15.1. The van der Waals surface area contributed by atoms with E-state index in [1.807, 2.05) is 30.3 Å². The lowest BCUT2D eigenvalue weighted by atomic mass is 9.99. The van der Waals surface area contributed by atoms with Gasteiger partial charge in [0.05, 0.1) is 24.1 Å². The first-order valence-corrected chi connectivity index (χ1v) is 11.5. The van der Waals surface area contributed by atoms with Crippen molar-refractivity contribution in [3.63, 3.8) is 0 Å². The summed E-state index contributed by atoms with van der Waals surface area (Å²) in [4.78, 5) is 17.2. The molecule has 0 radical (unpaired) electrons. The molecule has 0 spiro atoms. The predicted molar refractivity (Wildman–Crippen MR) is 126 cm³/mol. The molecule has 0 saturated carbocycles. The highest BCUT2D eigenvalue weighted by Gasteiger charge is 2.16. The normalized spacial score (nSPS) is 12.3. The third-order valence-electron chi connectivity index (χ3n) is 6.16. The smallest absolute Gasteiger partial charge is 0.223 e. The molecule has 1 atom stereocenters. The molecule has 0 aliphatic heterocycles. The zero-order chi connectivity index (χ0) is 22.2. The zero-order valence-corrected chi connectivity index (χ0v) is 19.2. The first kappa shape index (κ1) is 22.9. The van der Waals surface area contributed by atoms with Crippen molar-refractivity contribution in [2.75, 3.05) is 6.61 Å². The maximum Gasteiger partial charge on any atom is 0.223 e. The molecule has 0 aliphatic rings. The molecule has 3 aromatic rings. The second kappa shape index (κ2) is 11.0. The van der Waals surface area contributed by atoms with Gasteiger partial charge in [0.15, 0.2) is 0 Å². The van der Waals surface area contributed by atoms with Crippen LogP contribution < -0.4 is 10.1 Å². The number of carbonyl (C=O) groups is 1. The van der Waals surface area contributed by atoms with Crippen molar-refractivity contribution in [1.29, 1.82) is 0 Å². The summed E-state index contributed by atoms with van der Waals surface area (Å²) in [6, 6.07) is 16.5. The number of fused-ring (bicyclic) bond motifs is 1. The van der Waals surface area contributed by atoms with Crippen molar-refractivity contribution in [3.05, 3.63) is 59.9 Å². The number of hydrogen-bond acceptors (Lipinski definition) is 3. The van der Waals surface area contributed by atoms with Gasteiger partial charge in [-0.1, -0.05) is 52.0 Å². The summed E-state index contributed by atoms with van der Waals surface area (Å²) in [7, 11) is 0. The number of rotatable bonds is 11. The molecule has 1 N–H and O–H groups in total. The molecule has 5 nitrogen and oxygen atoms in total. The first-order valence-electron chi connectivity index (χ1n) is 11.5. The van der Waals surface area contributed by atoms with Gasteiger partial charge in [-0.25, -0.2) is 4.98 Å². The van der Waals surface area contributed by atoms with E-state index in [0.717, 1.165) is 41.9 Å². The van der Waals surface area contributed by atoms with Crippen LogP contribution in [0.5, 0.6) is 5.75 Å². The molecule has 31 heavy (non-hydrogen) atoms. The molecule has 1 heterocycles. The maximum absolute atomic E-state index is 12.4. The molecular formula is C26H35N3O2. The Labute approximate surface area is 185 Å². The number of para-hydroxylation sites is 2. The largest absolute Gasteiger partial charge is 0.492 e. The lowest BCUT2D eigenvalue weighted by Crippen LogP contribution is -2.31. The standard InChI is InChI=1S/C26H35N3O2/c1-5-19(4)21-12-14-22(15-13-21)31-17-16-29-24-11-9-8-10-23(24)28-25(29)18-27-26(30)20(6-2)7-3/h8-15,19-20H,5-7,16-18H2,1-4H3,(H,27,30). The van der Waals surface area contributed by atoms with Crippen LogP contribution in [0.2, 0.25) is 0 Å². The molecular weight excluding hydrogens is 386 g/mol. The summed E-state index contributed by atoms with van der Waals surface area (Å²) in [5, 5.41) is 3.07. The fourth-order valence-electron chi connectivity index (χ4n) is 3.86. The Balaban J connectivity index is 1.67. The Morgan fingerprint density at radius 3 is 2.42 bits per heavy atom. The van der Waals surface area contributed by atoms with Crippen LogP contribution >= 0.6 is 0 Å². The summed E-state index contributed by atoms with van der Waals surface area (Å²) >= 11 is 0. The maximum atomic E-state index is 12.4. The van der Waals surface area contributed by atoms with Gasteiger partial charge in [-0.3, -0.25) is 4.79 Å². The van der Waals surface area contributed by atoms with Crippen molar-refractivity contribution < 1.29 is 9.53 Å². The SMILES string of the molecule is CCC(CC)C(=O)NCc1nc2ccccc2n1CCOc1ccc(C(C)CC)cc1. The lowest BCUT2D eigenvalue weighted by Gasteiger charge is -2.14. The number of nitrogens with one attached hydrogen (secondary N) is 1. The van der Waals surface area contributed by atoms with Crippen molar-refractivity contribution in [2.45, 2.75) is 66.0 Å². The van der Waals surface area contributed by atoms with Crippen molar-refractivity contribution in [1.82, 2.24) is 14.9 Å². The number of imidazole rings is 1. The van der Waals surface area contributed by atoms with Gasteiger partial charge in [-0.2, -0.15) is 0 Å². The van der Waals surface area contributed by atoms with E-state index in [9.17, 15) is 4.79 Å². The van der Waals surface area contributed by atoms with Gasteiger partial charge < -0.3 is 14.6 Å². The van der Waals surface area contributed by atoms with E-state index in [2.05, 4.69) is 55.8 Å². The molecule has 0 aliphatic carbocycles. The Hall–Kier alpha value is -2.82. The number of ether oxygens (including phenoxy) is 1. The minimum Gasteiger partial charge on any atom is -0.492 e. The molecule has 5 heteroatoms. The molecule has 166 valence electrons. The van der Waals surface area contributed by atoms with Crippen LogP contribution in [0.25, 0.3) is 11.0 Å². The molecule has 1 amide bonds. The number of nitrogens with zero attached hydrogens (tertiary/aromatic N) is 2. The average molecular weight is 422 g/mol. The van der Waals surface area contributed by atoms with E-state index in [4.69, 9.17) is 9.72 Å². The molecule has 0 bridgehead atoms. The van der Waals surface area contributed by atoms with Crippen LogP contribution in [0, 0.1) is 5.92 Å². The molecule has 0 fully saturated rings. The van der Waals surface area contributed by atoms with E-state index in [0.29, 0.717) is 25.6 Å². The van der Waals surface area contributed by atoms with Crippen LogP contribution in [0.4, 0.5) is 0 Å². The average Bonchev–Trinajstić information content (AvgIpc) is 3.16. The minimum atomic E-state index is 0.0551. The van der Waals surface area contributed by atoms with Crippen LogP contribution in [-0.4, -0.2) is 22.1 Å². The fourth-order valence-corrected chi connectivity index (χ4v) is 3.86. The highest BCUT2D eigenvalue weighted by molar-refractivity contribution is 5.79. The minimum absolute atomic E-state index is 0.0551. The van der Waals surface area contributed by atoms with Crippen LogP contribution in [0.15, 0.2) is 48.5 Å². The van der Waals surface area contributed by atoms with Crippen LogP contribution in [-0.2, 0) is 17.9 Å². The molecule has 2 aromatic carbocycles. The topological polar surface area (TPSA) is 56.2 Å². The summed E-state index contributed by atoms with van der Waals surface area (Å²) in [6.07, 6.45) is 2.83. The van der Waals surface area contributed by atoms with Gasteiger partial charge >= 0.3 is 0 Å². The summed E-state index contributed by atoms with van der Waals surface area (Å²) in [5.41, 5.74) is 3.34. The van der Waals surface area contributed by atoms with Gasteiger partial charge in [0, 0.05) is 5.92 Å². The highest BCUT2D eigenvalue weighted by Crippen LogP contribution is 2.22. The lowest BCUT2D eigenvalue weighted by molar-refractivity contribution is -0.125. The monoisotopic (exact) mass is 421 g/mol. The van der Waals surface area contributed by atoms with E-state index >= 15 is 0 Å². The Morgan fingerprint density at radius 1 is 1.03 bits per heavy atom. The van der Waals surface area contributed by atoms with E-state index in [1.54, 1.807) is 0 Å². The summed E-state index contributed by atoms with van der Waals surface area (Å²) < 4.78 is 8.16. The van der Waals surface area contributed by atoms with E-state index in [1.165, 1.54) is 5.56 Å². The predicted octanol–water partition coefficient (Wildman–Crippen LogP) is 5.68. The van der Waals surface area contributed by atoms with E-state index < -0.39 is 0 Å². The van der Waals surface area contributed by atoms with Gasteiger partial charge in [-0.15, -0.1) is 0 Å². The highest BCUT2D eigenvalue weighted by atomic mass is 16.5. The Kier molecular flexibility index (Phi) is 8.10. The van der Waals surface area contributed by atoms with Crippen LogP contribution in [0.3, 0.4) is 0 Å². The number of hydrogen-bond donors (Lipinski definition) is 1. The van der Waals surface area contributed by atoms with Gasteiger partial charge in [0.1, 0.15) is 18.2 Å². The zero-order valence-electron chi connectivity index (χ0n) is 19.2. The summed E-state index contributed by atoms with van der Waals surface area (Å²) in [6.45, 7) is 10.2. The summed E-state index contributed by atoms with van der Waals surface area (Å²) in [5.74, 6) is 2.45. The quantitative estimate of drug-likeness (QED) is 0.433. The molecule has 1 unspecified atom stereocenters. The van der Waals surface area contributed by atoms with Crippen LogP contribution in [0.1, 0.15) is 64.3 Å². The van der Waals surface area contributed by atoms with Gasteiger partial charge in [-0.05, 0) is 55.0 Å². The van der Waals surface area contributed by atoms with Gasteiger partial charge in [0.2, 0.25) is 5.91 Å². The Bertz CT molecular complexity index is 974. The Morgan fingerprint density at radius 2 is 1.74 bits per heavy atom. The van der Waals surface area contributed by atoms with Gasteiger partial charge in [0.25, 0.3) is 0 Å². The third-order valence-corrected chi connectivity index (χ3v) is 6.16. The molecule has 3 rings (SSSR count). The second-order valence-corrected chi connectivity index (χ2v) is 8.13.